The molecule has 2 N–H and O–H groups in total. The quantitative estimate of drug-likeness (QED) is 0.394. The maximum atomic E-state index is 13.1. The molecule has 0 spiro atoms. The van der Waals surface area contributed by atoms with Crippen LogP contribution < -0.4 is 5.32 Å². The first-order chi connectivity index (χ1) is 20.1. The maximum absolute atomic E-state index is 13.1. The molecule has 3 aromatic rings. The van der Waals surface area contributed by atoms with E-state index in [1.165, 1.54) is 22.7 Å². The molecule has 3 amide bonds. The lowest BCUT2D eigenvalue weighted by Crippen LogP contribution is -2.45. The number of tetrazole rings is 1. The van der Waals surface area contributed by atoms with Crippen LogP contribution in [0, 0.1) is 11.3 Å². The molecule has 0 bridgehead atoms. The summed E-state index contributed by atoms with van der Waals surface area (Å²) in [6.45, 7) is 2.68. The molecule has 2 aliphatic rings. The first kappa shape index (κ1) is 29.8. The topological polar surface area (TPSA) is 151 Å². The van der Waals surface area contributed by atoms with Crippen LogP contribution in [0.5, 0.6) is 0 Å². The third-order valence-corrected chi connectivity index (χ3v) is 10.6. The largest absolute Gasteiger partial charge is 0.344 e. The molecule has 0 radical (unpaired) electrons. The molecule has 12 nitrogen and oxygen atoms in total. The van der Waals surface area contributed by atoms with Crippen molar-refractivity contribution in [2.45, 2.75) is 56.5 Å². The average molecular weight is 610 g/mol. The van der Waals surface area contributed by atoms with Crippen molar-refractivity contribution in [2.75, 3.05) is 41.3 Å². The number of fused-ring (bicyclic) bond motifs is 2. The lowest BCUT2D eigenvalue weighted by Gasteiger charge is -2.33. The minimum absolute atomic E-state index is 0.0839. The Bertz CT molecular complexity index is 1450. The van der Waals surface area contributed by atoms with Crippen molar-refractivity contribution in [3.63, 3.8) is 0 Å². The van der Waals surface area contributed by atoms with Crippen molar-refractivity contribution in [1.29, 1.82) is 5.26 Å². The smallest absolute Gasteiger partial charge is 0.263 e. The second-order valence-corrected chi connectivity index (χ2v) is 13.4. The summed E-state index contributed by atoms with van der Waals surface area (Å²) >= 11 is 2.85. The monoisotopic (exact) mass is 609 g/mol. The highest BCUT2D eigenvalue weighted by Crippen LogP contribution is 2.52. The summed E-state index contributed by atoms with van der Waals surface area (Å²) in [5.74, 6) is 0.179. The number of rotatable bonds is 8. The van der Waals surface area contributed by atoms with E-state index in [1.807, 2.05) is 19.1 Å². The van der Waals surface area contributed by atoms with Gasteiger partial charge in [-0.3, -0.25) is 14.4 Å². The number of H-pyrrole nitrogens is 1. The van der Waals surface area contributed by atoms with E-state index in [1.54, 1.807) is 42.9 Å². The Morgan fingerprint density at radius 3 is 2.21 bits per heavy atom. The number of carbonyl (C=O) groups excluding carboxylic acids is 3. The fourth-order valence-corrected chi connectivity index (χ4v) is 8.82. The molecule has 1 fully saturated rings. The van der Waals surface area contributed by atoms with Gasteiger partial charge in [-0.25, -0.2) is 0 Å². The average Bonchev–Trinajstić information content (AvgIpc) is 3.78. The standard InChI is InChI=1S/C28H35N9O3S2/c1-16(30-15-22(38)37-10-6-7-19(37)14-29)13-28(27-31-33-34-32-27)23-17(11-20(41-23)25(39)35(2)3)8-9-18-12-21(42-24(18)28)26(40)36(4)5/h11-12,16,19,30H,6-10,13,15H2,1-5H3,(H,31,32,33,34)/t16-,19+/m1/s1. The SMILES string of the molecule is C[C@H](CC1(c2nn[nH]n2)c2sc(C(=O)N(C)C)cc2CCc2cc(C(=O)N(C)C)sc21)NCC(=O)N1CCC[C@H]1C#N. The molecule has 0 aromatic carbocycles. The highest BCUT2D eigenvalue weighted by atomic mass is 32.1. The number of thiophene rings is 2. The Morgan fingerprint density at radius 1 is 1.12 bits per heavy atom. The van der Waals surface area contributed by atoms with Crippen LogP contribution in [-0.4, -0.2) is 106 Å². The van der Waals surface area contributed by atoms with E-state index in [2.05, 4.69) is 32.0 Å². The molecule has 5 rings (SSSR count). The summed E-state index contributed by atoms with van der Waals surface area (Å²) < 4.78 is 0. The number of aryl methyl sites for hydroxylation is 2. The summed E-state index contributed by atoms with van der Waals surface area (Å²) in [7, 11) is 6.93. The number of hydrogen-bond acceptors (Lipinski definition) is 10. The van der Waals surface area contributed by atoms with Gasteiger partial charge < -0.3 is 20.0 Å². The van der Waals surface area contributed by atoms with Gasteiger partial charge >= 0.3 is 0 Å². The highest BCUT2D eigenvalue weighted by Gasteiger charge is 2.49. The molecule has 42 heavy (non-hydrogen) atoms. The Labute approximate surface area is 252 Å². The van der Waals surface area contributed by atoms with Gasteiger partial charge in [0.05, 0.1) is 22.4 Å². The van der Waals surface area contributed by atoms with E-state index in [4.69, 9.17) is 0 Å². The number of amides is 3. The summed E-state index contributed by atoms with van der Waals surface area (Å²) in [6, 6.07) is 5.58. The van der Waals surface area contributed by atoms with E-state index >= 15 is 0 Å². The van der Waals surface area contributed by atoms with E-state index in [9.17, 15) is 19.6 Å². The van der Waals surface area contributed by atoms with Gasteiger partial charge in [0, 0.05) is 50.5 Å². The molecule has 1 aliphatic heterocycles. The number of aromatic nitrogens is 4. The van der Waals surface area contributed by atoms with Crippen molar-refractivity contribution in [1.82, 2.24) is 40.6 Å². The number of likely N-dealkylation sites (tertiary alicyclic amines) is 1. The molecular weight excluding hydrogens is 575 g/mol. The highest BCUT2D eigenvalue weighted by molar-refractivity contribution is 7.16. The first-order valence-electron chi connectivity index (χ1n) is 13.9. The fraction of sp³-hybridized carbons (Fsp3) is 0.536. The molecule has 14 heteroatoms. The summed E-state index contributed by atoms with van der Waals surface area (Å²) in [5.41, 5.74) is 1.16. The number of nitrogens with one attached hydrogen (secondary N) is 2. The van der Waals surface area contributed by atoms with Crippen molar-refractivity contribution >= 4 is 40.4 Å². The van der Waals surface area contributed by atoms with Crippen LogP contribution in [0.25, 0.3) is 0 Å². The molecule has 0 saturated carbocycles. The Kier molecular flexibility index (Phi) is 8.45. The minimum Gasteiger partial charge on any atom is -0.344 e. The molecule has 4 heterocycles. The van der Waals surface area contributed by atoms with Gasteiger partial charge in [-0.15, -0.1) is 32.9 Å². The Morgan fingerprint density at radius 2 is 1.71 bits per heavy atom. The van der Waals surface area contributed by atoms with Crippen molar-refractivity contribution in [2.24, 2.45) is 0 Å². The van der Waals surface area contributed by atoms with Gasteiger partial charge in [-0.2, -0.15) is 10.5 Å². The Balaban J connectivity index is 1.59. The van der Waals surface area contributed by atoms with Crippen LogP contribution in [0.4, 0.5) is 0 Å². The summed E-state index contributed by atoms with van der Waals surface area (Å²) in [6.07, 6.45) is 3.36. The van der Waals surface area contributed by atoms with E-state index in [-0.39, 0.29) is 36.3 Å². The normalized spacial score (nSPS) is 18.0. The third kappa shape index (κ3) is 5.32. The predicted octanol–water partition coefficient (Wildman–Crippen LogP) is 2.04. The number of aromatic amines is 1. The lowest BCUT2D eigenvalue weighted by atomic mass is 9.76. The van der Waals surface area contributed by atoms with Gasteiger partial charge in [-0.1, -0.05) is 5.21 Å². The van der Waals surface area contributed by atoms with Crippen LogP contribution in [0.3, 0.4) is 0 Å². The molecule has 3 aromatic heterocycles. The fourth-order valence-electron chi connectivity index (χ4n) is 5.89. The van der Waals surface area contributed by atoms with Crippen molar-refractivity contribution in [3.8, 4) is 6.07 Å². The zero-order chi connectivity index (χ0) is 30.2. The number of nitrogens with zero attached hydrogens (tertiary/aromatic N) is 7. The zero-order valence-electron chi connectivity index (χ0n) is 24.4. The molecule has 1 saturated heterocycles. The van der Waals surface area contributed by atoms with Crippen LogP contribution in [-0.2, 0) is 23.1 Å². The molecule has 222 valence electrons. The maximum Gasteiger partial charge on any atom is 0.263 e. The zero-order valence-corrected chi connectivity index (χ0v) is 26.1. The predicted molar refractivity (Wildman–Crippen MR) is 159 cm³/mol. The van der Waals surface area contributed by atoms with Gasteiger partial charge in [-0.05, 0) is 62.3 Å². The number of carbonyl (C=O) groups is 3. The Hall–Kier alpha value is -3.67. The second-order valence-electron chi connectivity index (χ2n) is 11.3. The summed E-state index contributed by atoms with van der Waals surface area (Å²) in [5, 5.41) is 28.4. The van der Waals surface area contributed by atoms with Crippen LogP contribution in [0.1, 0.15) is 72.2 Å². The van der Waals surface area contributed by atoms with Gasteiger partial charge in [0.2, 0.25) is 5.91 Å². The van der Waals surface area contributed by atoms with E-state index in [0.717, 1.165) is 27.3 Å². The minimum atomic E-state index is -0.919. The second kappa shape index (κ2) is 11.9. The molecule has 0 unspecified atom stereocenters. The molecule has 1 aliphatic carbocycles. The van der Waals surface area contributed by atoms with Crippen LogP contribution >= 0.6 is 22.7 Å². The van der Waals surface area contributed by atoms with Crippen molar-refractivity contribution < 1.29 is 14.4 Å². The van der Waals surface area contributed by atoms with Crippen molar-refractivity contribution in [3.05, 3.63) is 48.6 Å². The lowest BCUT2D eigenvalue weighted by molar-refractivity contribution is -0.130. The summed E-state index contributed by atoms with van der Waals surface area (Å²) in [4.78, 5) is 47.2. The van der Waals surface area contributed by atoms with E-state index in [0.29, 0.717) is 47.8 Å². The first-order valence-corrected chi connectivity index (χ1v) is 15.6. The number of hydrogen-bond donors (Lipinski definition) is 2. The molecular formula is C28H35N9O3S2. The van der Waals surface area contributed by atoms with Crippen LogP contribution in [0.2, 0.25) is 0 Å². The number of nitriles is 1. The van der Waals surface area contributed by atoms with Gasteiger partial charge in [0.25, 0.3) is 11.8 Å². The van der Waals surface area contributed by atoms with Crippen LogP contribution in [0.15, 0.2) is 12.1 Å². The third-order valence-electron chi connectivity index (χ3n) is 7.95. The van der Waals surface area contributed by atoms with Gasteiger partial charge in [0.1, 0.15) is 11.5 Å². The molecule has 2 atom stereocenters. The van der Waals surface area contributed by atoms with Gasteiger partial charge in [0.15, 0.2) is 5.82 Å². The van der Waals surface area contributed by atoms with E-state index < -0.39 is 5.41 Å².